The highest BCUT2D eigenvalue weighted by Crippen LogP contribution is 2.17. The zero-order valence-electron chi connectivity index (χ0n) is 10.5. The average molecular weight is 214 g/mol. The number of rotatable bonds is 6. The molecule has 2 atom stereocenters. The second kappa shape index (κ2) is 7.20. The molecule has 1 heterocycles. The number of nitrogens with zero attached hydrogens (tertiary/aromatic N) is 1. The van der Waals surface area contributed by atoms with E-state index in [1.165, 1.54) is 25.7 Å². The molecule has 3 nitrogen and oxygen atoms in total. The molecule has 1 saturated heterocycles. The van der Waals surface area contributed by atoms with E-state index in [0.29, 0.717) is 12.1 Å². The summed E-state index contributed by atoms with van der Waals surface area (Å²) >= 11 is 0. The molecule has 0 bridgehead atoms. The second-order valence-corrected chi connectivity index (χ2v) is 4.76. The van der Waals surface area contributed by atoms with Gasteiger partial charge in [-0.2, -0.15) is 0 Å². The number of ether oxygens (including phenoxy) is 1. The van der Waals surface area contributed by atoms with Gasteiger partial charge in [0.1, 0.15) is 0 Å². The summed E-state index contributed by atoms with van der Waals surface area (Å²) in [6.45, 7) is 5.38. The molecular weight excluding hydrogens is 188 g/mol. The Kier molecular flexibility index (Phi) is 6.22. The van der Waals surface area contributed by atoms with Gasteiger partial charge in [0, 0.05) is 25.7 Å². The predicted molar refractivity (Wildman–Crippen MR) is 64.2 cm³/mol. The number of likely N-dealkylation sites (N-methyl/N-ethyl adjacent to an activating group) is 1. The van der Waals surface area contributed by atoms with Crippen molar-refractivity contribution in [2.24, 2.45) is 0 Å². The molecule has 1 aliphatic heterocycles. The molecular formula is C12H26N2O. The van der Waals surface area contributed by atoms with Gasteiger partial charge in [-0.25, -0.2) is 0 Å². The van der Waals surface area contributed by atoms with E-state index >= 15 is 0 Å². The Morgan fingerprint density at radius 3 is 2.87 bits per heavy atom. The first-order chi connectivity index (χ1) is 7.22. The van der Waals surface area contributed by atoms with Crippen LogP contribution in [0.15, 0.2) is 0 Å². The summed E-state index contributed by atoms with van der Waals surface area (Å²) in [5, 5.41) is 3.62. The van der Waals surface area contributed by atoms with Crippen LogP contribution >= 0.6 is 0 Å². The maximum Gasteiger partial charge on any atom is 0.0589 e. The fourth-order valence-electron chi connectivity index (χ4n) is 2.08. The molecule has 1 fully saturated rings. The third-order valence-corrected chi connectivity index (χ3v) is 2.97. The summed E-state index contributed by atoms with van der Waals surface area (Å²) in [6.07, 6.45) is 5.32. The topological polar surface area (TPSA) is 24.5 Å². The van der Waals surface area contributed by atoms with Gasteiger partial charge >= 0.3 is 0 Å². The first-order valence-corrected chi connectivity index (χ1v) is 6.22. The third-order valence-electron chi connectivity index (χ3n) is 2.97. The van der Waals surface area contributed by atoms with Crippen LogP contribution in [0, 0.1) is 0 Å². The molecule has 3 heteroatoms. The third kappa shape index (κ3) is 5.50. The molecule has 0 aliphatic carbocycles. The molecule has 0 spiro atoms. The summed E-state index contributed by atoms with van der Waals surface area (Å²) in [7, 11) is 4.23. The smallest absolute Gasteiger partial charge is 0.0589 e. The SMILES string of the molecule is CCCC1CC(NCCN(C)C)CCO1. The van der Waals surface area contributed by atoms with E-state index in [2.05, 4.69) is 31.2 Å². The van der Waals surface area contributed by atoms with Gasteiger partial charge in [0.2, 0.25) is 0 Å². The minimum absolute atomic E-state index is 0.501. The van der Waals surface area contributed by atoms with Gasteiger partial charge in [-0.1, -0.05) is 13.3 Å². The van der Waals surface area contributed by atoms with Crippen molar-refractivity contribution in [2.45, 2.75) is 44.8 Å². The highest BCUT2D eigenvalue weighted by atomic mass is 16.5. The van der Waals surface area contributed by atoms with Crippen LogP contribution < -0.4 is 5.32 Å². The van der Waals surface area contributed by atoms with Crippen LogP contribution in [0.5, 0.6) is 0 Å². The minimum atomic E-state index is 0.501. The molecule has 1 aliphatic rings. The van der Waals surface area contributed by atoms with Crippen LogP contribution in [0.1, 0.15) is 32.6 Å². The van der Waals surface area contributed by atoms with Crippen LogP contribution in [0.2, 0.25) is 0 Å². The Labute approximate surface area is 94.2 Å². The summed E-state index contributed by atoms with van der Waals surface area (Å²) < 4.78 is 5.73. The van der Waals surface area contributed by atoms with E-state index in [9.17, 15) is 0 Å². The van der Waals surface area contributed by atoms with Crippen molar-refractivity contribution in [1.82, 2.24) is 10.2 Å². The fourth-order valence-corrected chi connectivity index (χ4v) is 2.08. The van der Waals surface area contributed by atoms with Crippen molar-refractivity contribution in [2.75, 3.05) is 33.8 Å². The molecule has 2 unspecified atom stereocenters. The quantitative estimate of drug-likeness (QED) is 0.725. The highest BCUT2D eigenvalue weighted by molar-refractivity contribution is 4.76. The van der Waals surface area contributed by atoms with Crippen molar-refractivity contribution < 1.29 is 4.74 Å². The maximum atomic E-state index is 5.73. The second-order valence-electron chi connectivity index (χ2n) is 4.76. The van der Waals surface area contributed by atoms with Crippen LogP contribution in [-0.2, 0) is 4.74 Å². The van der Waals surface area contributed by atoms with Gasteiger partial charge in [0.15, 0.2) is 0 Å². The van der Waals surface area contributed by atoms with E-state index in [1.54, 1.807) is 0 Å². The average Bonchev–Trinajstić information content (AvgIpc) is 2.18. The molecule has 0 aromatic heterocycles. The first-order valence-electron chi connectivity index (χ1n) is 6.22. The van der Waals surface area contributed by atoms with Crippen molar-refractivity contribution in [3.05, 3.63) is 0 Å². The number of hydrogen-bond acceptors (Lipinski definition) is 3. The standard InChI is InChI=1S/C12H26N2O/c1-4-5-12-10-11(6-9-15-12)13-7-8-14(2)3/h11-13H,4-10H2,1-3H3. The van der Waals surface area contributed by atoms with Crippen LogP contribution in [0.4, 0.5) is 0 Å². The lowest BCUT2D eigenvalue weighted by atomic mass is 10.0. The first kappa shape index (κ1) is 12.9. The molecule has 0 amide bonds. The summed E-state index contributed by atoms with van der Waals surface area (Å²) in [5.41, 5.74) is 0. The number of hydrogen-bond donors (Lipinski definition) is 1. The van der Waals surface area contributed by atoms with Gasteiger partial charge in [-0.05, 0) is 33.4 Å². The van der Waals surface area contributed by atoms with Gasteiger partial charge in [0.25, 0.3) is 0 Å². The molecule has 0 aromatic carbocycles. The van der Waals surface area contributed by atoms with Crippen LogP contribution in [0.3, 0.4) is 0 Å². The Bertz CT molecular complexity index is 160. The van der Waals surface area contributed by atoms with Crippen LogP contribution in [0.25, 0.3) is 0 Å². The van der Waals surface area contributed by atoms with Crippen LogP contribution in [-0.4, -0.2) is 50.8 Å². The largest absolute Gasteiger partial charge is 0.378 e. The zero-order valence-corrected chi connectivity index (χ0v) is 10.5. The normalized spacial score (nSPS) is 27.2. The summed E-state index contributed by atoms with van der Waals surface area (Å²) in [5.74, 6) is 0. The Hall–Kier alpha value is -0.120. The van der Waals surface area contributed by atoms with E-state index in [1.807, 2.05) is 0 Å². The molecule has 15 heavy (non-hydrogen) atoms. The van der Waals surface area contributed by atoms with E-state index < -0.39 is 0 Å². The molecule has 1 N–H and O–H groups in total. The number of nitrogens with one attached hydrogen (secondary N) is 1. The van der Waals surface area contributed by atoms with Gasteiger partial charge < -0.3 is 15.0 Å². The molecule has 0 radical (unpaired) electrons. The monoisotopic (exact) mass is 214 g/mol. The van der Waals surface area contributed by atoms with E-state index in [4.69, 9.17) is 4.74 Å². The van der Waals surface area contributed by atoms with Crippen molar-refractivity contribution in [3.63, 3.8) is 0 Å². The molecule has 90 valence electrons. The van der Waals surface area contributed by atoms with Crippen molar-refractivity contribution in [3.8, 4) is 0 Å². The zero-order chi connectivity index (χ0) is 11.1. The summed E-state index contributed by atoms with van der Waals surface area (Å²) in [4.78, 5) is 2.22. The maximum absolute atomic E-state index is 5.73. The van der Waals surface area contributed by atoms with Gasteiger partial charge in [-0.15, -0.1) is 0 Å². The lowest BCUT2D eigenvalue weighted by Crippen LogP contribution is -2.41. The van der Waals surface area contributed by atoms with Crippen molar-refractivity contribution in [1.29, 1.82) is 0 Å². The Balaban J connectivity index is 2.12. The van der Waals surface area contributed by atoms with Gasteiger partial charge in [0.05, 0.1) is 6.10 Å². The fraction of sp³-hybridized carbons (Fsp3) is 1.00. The lowest BCUT2D eigenvalue weighted by molar-refractivity contribution is -0.00323. The molecule has 0 aromatic rings. The van der Waals surface area contributed by atoms with E-state index in [0.717, 1.165) is 19.7 Å². The van der Waals surface area contributed by atoms with Crippen molar-refractivity contribution >= 4 is 0 Å². The summed E-state index contributed by atoms with van der Waals surface area (Å²) in [6, 6.07) is 0.676. The van der Waals surface area contributed by atoms with E-state index in [-0.39, 0.29) is 0 Å². The minimum Gasteiger partial charge on any atom is -0.378 e. The molecule has 1 rings (SSSR count). The highest BCUT2D eigenvalue weighted by Gasteiger charge is 2.21. The van der Waals surface area contributed by atoms with Gasteiger partial charge in [-0.3, -0.25) is 0 Å². The lowest BCUT2D eigenvalue weighted by Gasteiger charge is -2.30. The molecule has 0 saturated carbocycles. The predicted octanol–water partition coefficient (Wildman–Crippen LogP) is 1.49. The Morgan fingerprint density at radius 1 is 1.40 bits per heavy atom. The Morgan fingerprint density at radius 2 is 2.20 bits per heavy atom.